The highest BCUT2D eigenvalue weighted by atomic mass is 32.2. The molecule has 5 nitrogen and oxygen atoms in total. The number of hydrogen-bond acceptors (Lipinski definition) is 6. The SMILES string of the molecule is CSc1ccccc1C(=O)N(CCCN1CCOCC1)c1nc2c(F)cccc2s1. The molecule has 1 aliphatic rings. The highest BCUT2D eigenvalue weighted by Crippen LogP contribution is 2.32. The molecule has 3 aromatic rings. The Morgan fingerprint density at radius 1 is 1.23 bits per heavy atom. The van der Waals surface area contributed by atoms with E-state index >= 15 is 0 Å². The number of carbonyl (C=O) groups is 1. The van der Waals surface area contributed by atoms with Gasteiger partial charge < -0.3 is 4.74 Å². The van der Waals surface area contributed by atoms with Crippen molar-refractivity contribution in [2.24, 2.45) is 0 Å². The Balaban J connectivity index is 1.61. The Morgan fingerprint density at radius 3 is 2.80 bits per heavy atom. The molecule has 1 amide bonds. The number of rotatable bonds is 7. The van der Waals surface area contributed by atoms with Gasteiger partial charge in [0.2, 0.25) is 0 Å². The Labute approximate surface area is 183 Å². The van der Waals surface area contributed by atoms with Crippen molar-refractivity contribution >= 4 is 44.4 Å². The number of hydrogen-bond donors (Lipinski definition) is 0. The summed E-state index contributed by atoms with van der Waals surface area (Å²) < 4.78 is 20.4. The van der Waals surface area contributed by atoms with Crippen LogP contribution in [0.3, 0.4) is 0 Å². The molecule has 1 fully saturated rings. The highest BCUT2D eigenvalue weighted by molar-refractivity contribution is 7.98. The van der Waals surface area contributed by atoms with Crippen LogP contribution in [0.4, 0.5) is 9.52 Å². The maximum atomic E-state index is 14.2. The summed E-state index contributed by atoms with van der Waals surface area (Å²) in [6, 6.07) is 12.5. The second-order valence-electron chi connectivity index (χ2n) is 7.05. The monoisotopic (exact) mass is 445 g/mol. The maximum absolute atomic E-state index is 14.2. The lowest BCUT2D eigenvalue weighted by Crippen LogP contribution is -2.39. The maximum Gasteiger partial charge on any atom is 0.261 e. The number of thioether (sulfide) groups is 1. The van der Waals surface area contributed by atoms with Gasteiger partial charge in [0.05, 0.1) is 23.5 Å². The fourth-order valence-corrected chi connectivity index (χ4v) is 5.14. The summed E-state index contributed by atoms with van der Waals surface area (Å²) in [5.41, 5.74) is 0.970. The molecule has 0 unspecified atom stereocenters. The Morgan fingerprint density at radius 2 is 2.03 bits per heavy atom. The van der Waals surface area contributed by atoms with E-state index in [0.29, 0.717) is 22.8 Å². The topological polar surface area (TPSA) is 45.7 Å². The zero-order valence-corrected chi connectivity index (χ0v) is 18.5. The van der Waals surface area contributed by atoms with Crippen LogP contribution in [-0.4, -0.2) is 61.4 Å². The number of aromatic nitrogens is 1. The fourth-order valence-electron chi connectivity index (χ4n) is 3.55. The van der Waals surface area contributed by atoms with Gasteiger partial charge in [0.15, 0.2) is 5.13 Å². The molecule has 1 aromatic heterocycles. The smallest absolute Gasteiger partial charge is 0.261 e. The second-order valence-corrected chi connectivity index (χ2v) is 8.90. The number of ether oxygens (including phenoxy) is 1. The quantitative estimate of drug-likeness (QED) is 0.500. The summed E-state index contributed by atoms with van der Waals surface area (Å²) in [6.07, 6.45) is 2.77. The molecule has 0 aliphatic carbocycles. The van der Waals surface area contributed by atoms with Crippen molar-refractivity contribution in [2.75, 3.05) is 50.5 Å². The van der Waals surface area contributed by atoms with Gasteiger partial charge in [-0.05, 0) is 36.9 Å². The zero-order valence-electron chi connectivity index (χ0n) is 16.8. The van der Waals surface area contributed by atoms with E-state index in [2.05, 4.69) is 9.88 Å². The standard InChI is InChI=1S/C22H24FN3O2S2/c1-29-18-8-3-2-6-16(18)21(27)26(11-5-10-25-12-14-28-15-13-25)22-24-20-17(23)7-4-9-19(20)30-22/h2-4,6-9H,5,10-15H2,1H3. The van der Waals surface area contributed by atoms with Crippen LogP contribution in [0.15, 0.2) is 47.4 Å². The van der Waals surface area contributed by atoms with Crippen LogP contribution in [0.2, 0.25) is 0 Å². The molecule has 30 heavy (non-hydrogen) atoms. The summed E-state index contributed by atoms with van der Waals surface area (Å²) in [5.74, 6) is -0.457. The van der Waals surface area contributed by atoms with E-state index in [1.165, 1.54) is 17.4 Å². The van der Waals surface area contributed by atoms with Crippen molar-refractivity contribution in [1.29, 1.82) is 0 Å². The summed E-state index contributed by atoms with van der Waals surface area (Å²) >= 11 is 2.90. The number of anilines is 1. The van der Waals surface area contributed by atoms with Crippen LogP contribution in [0, 0.1) is 5.82 Å². The van der Waals surface area contributed by atoms with Crippen molar-refractivity contribution < 1.29 is 13.9 Å². The number of carbonyl (C=O) groups excluding carboxylic acids is 1. The minimum Gasteiger partial charge on any atom is -0.379 e. The number of halogens is 1. The first kappa shape index (κ1) is 21.2. The van der Waals surface area contributed by atoms with E-state index in [1.54, 1.807) is 22.7 Å². The van der Waals surface area contributed by atoms with E-state index < -0.39 is 0 Å². The van der Waals surface area contributed by atoms with Gasteiger partial charge >= 0.3 is 0 Å². The molecule has 0 spiro atoms. The van der Waals surface area contributed by atoms with Gasteiger partial charge in [-0.15, -0.1) is 11.8 Å². The van der Waals surface area contributed by atoms with Crippen LogP contribution in [-0.2, 0) is 4.74 Å². The Kier molecular flexibility index (Phi) is 6.99. The van der Waals surface area contributed by atoms with Crippen molar-refractivity contribution in [3.05, 3.63) is 53.8 Å². The molecule has 1 saturated heterocycles. The lowest BCUT2D eigenvalue weighted by atomic mass is 10.2. The molecule has 0 atom stereocenters. The van der Waals surface area contributed by atoms with E-state index in [4.69, 9.17) is 4.74 Å². The number of para-hydroxylation sites is 1. The van der Waals surface area contributed by atoms with Crippen LogP contribution in [0.25, 0.3) is 10.2 Å². The minimum atomic E-state index is -0.361. The number of thiazole rings is 1. The summed E-state index contributed by atoms with van der Waals surface area (Å²) in [5, 5.41) is 0.540. The van der Waals surface area contributed by atoms with E-state index in [9.17, 15) is 9.18 Å². The lowest BCUT2D eigenvalue weighted by molar-refractivity contribution is 0.0376. The molecule has 1 aliphatic heterocycles. The van der Waals surface area contributed by atoms with Crippen molar-refractivity contribution in [1.82, 2.24) is 9.88 Å². The molecule has 4 rings (SSSR count). The molecular weight excluding hydrogens is 421 g/mol. The molecule has 0 bridgehead atoms. The zero-order chi connectivity index (χ0) is 20.9. The summed E-state index contributed by atoms with van der Waals surface area (Å²) in [7, 11) is 0. The van der Waals surface area contributed by atoms with Crippen LogP contribution in [0.1, 0.15) is 16.8 Å². The number of nitrogens with zero attached hydrogens (tertiary/aromatic N) is 3. The van der Waals surface area contributed by atoms with Gasteiger partial charge in [-0.25, -0.2) is 9.37 Å². The fraction of sp³-hybridized carbons (Fsp3) is 0.364. The molecule has 2 heterocycles. The van der Waals surface area contributed by atoms with Gasteiger partial charge in [-0.3, -0.25) is 14.6 Å². The average molecular weight is 446 g/mol. The highest BCUT2D eigenvalue weighted by Gasteiger charge is 2.24. The van der Waals surface area contributed by atoms with Gasteiger partial charge in [-0.1, -0.05) is 29.5 Å². The van der Waals surface area contributed by atoms with Crippen LogP contribution in [0.5, 0.6) is 0 Å². The predicted molar refractivity (Wildman–Crippen MR) is 121 cm³/mol. The third kappa shape index (κ3) is 4.67. The van der Waals surface area contributed by atoms with Gasteiger partial charge in [0.1, 0.15) is 11.3 Å². The van der Waals surface area contributed by atoms with Gasteiger partial charge in [0, 0.05) is 31.1 Å². The van der Waals surface area contributed by atoms with Crippen LogP contribution < -0.4 is 4.90 Å². The molecule has 0 N–H and O–H groups in total. The second kappa shape index (κ2) is 9.87. The third-order valence-corrected chi connectivity index (χ3v) is 6.97. The predicted octanol–water partition coefficient (Wildman–Crippen LogP) is 4.53. The van der Waals surface area contributed by atoms with Crippen LogP contribution >= 0.6 is 23.1 Å². The first-order valence-corrected chi connectivity index (χ1v) is 12.0. The molecule has 8 heteroatoms. The molecule has 0 saturated carbocycles. The first-order valence-electron chi connectivity index (χ1n) is 9.97. The Hall–Kier alpha value is -2.00. The minimum absolute atomic E-state index is 0.0959. The molecule has 158 valence electrons. The normalized spacial score (nSPS) is 14.9. The van der Waals surface area contributed by atoms with Crippen molar-refractivity contribution in [2.45, 2.75) is 11.3 Å². The number of benzene rings is 2. The Bertz CT molecular complexity index is 1020. The van der Waals surface area contributed by atoms with E-state index in [-0.39, 0.29) is 11.7 Å². The van der Waals surface area contributed by atoms with Gasteiger partial charge in [0.25, 0.3) is 5.91 Å². The first-order chi connectivity index (χ1) is 14.7. The largest absolute Gasteiger partial charge is 0.379 e. The van der Waals surface area contributed by atoms with Crippen molar-refractivity contribution in [3.63, 3.8) is 0 Å². The summed E-state index contributed by atoms with van der Waals surface area (Å²) in [4.78, 5) is 23.0. The average Bonchev–Trinajstić information content (AvgIpc) is 3.22. The lowest BCUT2D eigenvalue weighted by Gasteiger charge is -2.28. The van der Waals surface area contributed by atoms with E-state index in [1.807, 2.05) is 36.6 Å². The summed E-state index contributed by atoms with van der Waals surface area (Å²) in [6.45, 7) is 4.74. The number of morpholine rings is 1. The third-order valence-electron chi connectivity index (χ3n) is 5.13. The van der Waals surface area contributed by atoms with Crippen molar-refractivity contribution in [3.8, 4) is 0 Å². The molecule has 2 aromatic carbocycles. The number of amides is 1. The van der Waals surface area contributed by atoms with Gasteiger partial charge in [-0.2, -0.15) is 0 Å². The molecular formula is C22H24FN3O2S2. The number of fused-ring (bicyclic) bond motifs is 1. The molecule has 0 radical (unpaired) electrons. The van der Waals surface area contributed by atoms with E-state index in [0.717, 1.165) is 48.9 Å².